The number of nitrogens with zero attached hydrogens (tertiary/aromatic N) is 1. The fourth-order valence-corrected chi connectivity index (χ4v) is 4.12. The molecule has 5 nitrogen and oxygen atoms in total. The molecule has 3 rings (SSSR count). The molecule has 0 radical (unpaired) electrons. The smallest absolute Gasteiger partial charge is 0.261 e. The van der Waals surface area contributed by atoms with E-state index in [1.807, 2.05) is 61.5 Å². The van der Waals surface area contributed by atoms with Crippen molar-refractivity contribution in [3.8, 4) is 5.75 Å². The van der Waals surface area contributed by atoms with E-state index in [9.17, 15) is 9.59 Å². The third kappa shape index (κ3) is 6.58. The minimum Gasteiger partial charge on any atom is -0.484 e. The van der Waals surface area contributed by atoms with E-state index >= 15 is 0 Å². The molecule has 0 spiro atoms. The summed E-state index contributed by atoms with van der Waals surface area (Å²) in [6, 6.07) is 17.3. The largest absolute Gasteiger partial charge is 0.484 e. The van der Waals surface area contributed by atoms with E-state index in [0.717, 1.165) is 37.7 Å². The number of carbonyl (C=O) groups excluding carboxylic acids is 2. The fraction of sp³-hybridized carbons (Fsp3) is 0.462. The summed E-state index contributed by atoms with van der Waals surface area (Å²) in [5.74, 6) is 0.413. The molecule has 0 saturated heterocycles. The molecule has 5 heteroatoms. The van der Waals surface area contributed by atoms with Crippen LogP contribution in [-0.2, 0) is 22.6 Å². The summed E-state index contributed by atoms with van der Waals surface area (Å²) in [7, 11) is 0. The van der Waals surface area contributed by atoms with Gasteiger partial charge in [0.15, 0.2) is 6.61 Å². The molecule has 31 heavy (non-hydrogen) atoms. The van der Waals surface area contributed by atoms with Gasteiger partial charge in [-0.1, -0.05) is 69.2 Å². The molecule has 1 N–H and O–H groups in total. The maximum Gasteiger partial charge on any atom is 0.261 e. The minimum absolute atomic E-state index is 0.0639. The van der Waals surface area contributed by atoms with Crippen LogP contribution in [0.15, 0.2) is 54.6 Å². The van der Waals surface area contributed by atoms with Crippen LogP contribution in [0.5, 0.6) is 5.75 Å². The van der Waals surface area contributed by atoms with Gasteiger partial charge in [-0.15, -0.1) is 0 Å². The molecule has 0 aliphatic heterocycles. The lowest BCUT2D eigenvalue weighted by Crippen LogP contribution is -2.52. The molecule has 0 heterocycles. The van der Waals surface area contributed by atoms with E-state index in [-0.39, 0.29) is 24.5 Å². The summed E-state index contributed by atoms with van der Waals surface area (Å²) in [4.78, 5) is 27.9. The van der Waals surface area contributed by atoms with Crippen LogP contribution < -0.4 is 10.1 Å². The average molecular weight is 423 g/mol. The van der Waals surface area contributed by atoms with Crippen molar-refractivity contribution in [2.45, 2.75) is 71.0 Å². The quantitative estimate of drug-likeness (QED) is 0.614. The van der Waals surface area contributed by atoms with Gasteiger partial charge in [-0.2, -0.15) is 0 Å². The maximum absolute atomic E-state index is 13.2. The lowest BCUT2D eigenvalue weighted by atomic mass is 10.1. The van der Waals surface area contributed by atoms with E-state index in [2.05, 4.69) is 12.2 Å². The van der Waals surface area contributed by atoms with Crippen molar-refractivity contribution < 1.29 is 14.3 Å². The monoisotopic (exact) mass is 422 g/mol. The zero-order chi connectivity index (χ0) is 22.1. The highest BCUT2D eigenvalue weighted by Crippen LogP contribution is 2.20. The Labute approximate surface area is 185 Å². The number of nitrogens with one attached hydrogen (secondary N) is 1. The van der Waals surface area contributed by atoms with Crippen molar-refractivity contribution in [3.63, 3.8) is 0 Å². The molecule has 1 atom stereocenters. The number of amides is 2. The summed E-state index contributed by atoms with van der Waals surface area (Å²) < 4.78 is 5.77. The van der Waals surface area contributed by atoms with Gasteiger partial charge in [0.2, 0.25) is 5.91 Å². The van der Waals surface area contributed by atoms with Crippen molar-refractivity contribution in [2.24, 2.45) is 0 Å². The van der Waals surface area contributed by atoms with Gasteiger partial charge in [-0.3, -0.25) is 9.59 Å². The number of carbonyl (C=O) groups is 2. The molecule has 0 aromatic heterocycles. The van der Waals surface area contributed by atoms with Gasteiger partial charge in [0.05, 0.1) is 0 Å². The van der Waals surface area contributed by atoms with E-state index in [4.69, 9.17) is 4.74 Å². The Morgan fingerprint density at radius 2 is 1.68 bits per heavy atom. The molecule has 0 bridgehead atoms. The Morgan fingerprint density at radius 3 is 2.29 bits per heavy atom. The third-order valence-electron chi connectivity index (χ3n) is 5.98. The summed E-state index contributed by atoms with van der Waals surface area (Å²) in [5.41, 5.74) is 2.22. The molecular weight excluding hydrogens is 388 g/mol. The molecule has 1 aliphatic carbocycles. The zero-order valence-electron chi connectivity index (χ0n) is 18.7. The lowest BCUT2D eigenvalue weighted by molar-refractivity contribution is -0.143. The second kappa shape index (κ2) is 11.5. The lowest BCUT2D eigenvalue weighted by Gasteiger charge is -2.31. The highest BCUT2D eigenvalue weighted by atomic mass is 16.5. The van der Waals surface area contributed by atoms with Crippen LogP contribution >= 0.6 is 0 Å². The SMILES string of the molecule is CCc1ccc(OCC(=O)N(Cc2ccccc2)C(CC)C(=O)NC2CCCC2)cc1. The minimum atomic E-state index is -0.514. The highest BCUT2D eigenvalue weighted by molar-refractivity contribution is 5.88. The summed E-state index contributed by atoms with van der Waals surface area (Å²) in [5, 5.41) is 3.16. The molecule has 1 unspecified atom stereocenters. The van der Waals surface area contributed by atoms with Crippen LogP contribution in [0.3, 0.4) is 0 Å². The van der Waals surface area contributed by atoms with Crippen molar-refractivity contribution in [2.75, 3.05) is 6.61 Å². The fourth-order valence-electron chi connectivity index (χ4n) is 4.12. The van der Waals surface area contributed by atoms with Crippen LogP contribution in [0.1, 0.15) is 57.1 Å². The van der Waals surface area contributed by atoms with E-state index in [1.165, 1.54) is 5.56 Å². The summed E-state index contributed by atoms with van der Waals surface area (Å²) in [6.07, 6.45) is 5.86. The van der Waals surface area contributed by atoms with Crippen LogP contribution in [-0.4, -0.2) is 35.4 Å². The van der Waals surface area contributed by atoms with Crippen molar-refractivity contribution >= 4 is 11.8 Å². The second-order valence-corrected chi connectivity index (χ2v) is 8.21. The van der Waals surface area contributed by atoms with Gasteiger partial charge in [-0.05, 0) is 48.9 Å². The molecule has 166 valence electrons. The van der Waals surface area contributed by atoms with Gasteiger partial charge < -0.3 is 15.0 Å². The van der Waals surface area contributed by atoms with Crippen LogP contribution in [0.4, 0.5) is 0 Å². The molecule has 2 aromatic rings. The predicted octanol–water partition coefficient (Wildman–Crippen LogP) is 4.49. The Morgan fingerprint density at radius 1 is 1.00 bits per heavy atom. The normalized spacial score (nSPS) is 14.8. The second-order valence-electron chi connectivity index (χ2n) is 8.21. The number of hydrogen-bond acceptors (Lipinski definition) is 3. The van der Waals surface area contributed by atoms with Crippen LogP contribution in [0.25, 0.3) is 0 Å². The van der Waals surface area contributed by atoms with E-state index in [1.54, 1.807) is 4.90 Å². The predicted molar refractivity (Wildman–Crippen MR) is 123 cm³/mol. The first-order valence-corrected chi connectivity index (χ1v) is 11.5. The molecule has 2 amide bonds. The van der Waals surface area contributed by atoms with Gasteiger partial charge in [0.25, 0.3) is 5.91 Å². The first-order valence-electron chi connectivity index (χ1n) is 11.5. The number of ether oxygens (including phenoxy) is 1. The van der Waals surface area contributed by atoms with Gasteiger partial charge in [0, 0.05) is 12.6 Å². The molecule has 1 fully saturated rings. The van der Waals surface area contributed by atoms with E-state index in [0.29, 0.717) is 18.7 Å². The zero-order valence-corrected chi connectivity index (χ0v) is 18.7. The Kier molecular flexibility index (Phi) is 8.51. The third-order valence-corrected chi connectivity index (χ3v) is 5.98. The van der Waals surface area contributed by atoms with Crippen molar-refractivity contribution in [3.05, 3.63) is 65.7 Å². The van der Waals surface area contributed by atoms with Crippen LogP contribution in [0.2, 0.25) is 0 Å². The Hall–Kier alpha value is -2.82. The number of hydrogen-bond donors (Lipinski definition) is 1. The molecule has 1 aliphatic rings. The van der Waals surface area contributed by atoms with Crippen molar-refractivity contribution in [1.29, 1.82) is 0 Å². The average Bonchev–Trinajstić information content (AvgIpc) is 3.31. The topological polar surface area (TPSA) is 58.6 Å². The van der Waals surface area contributed by atoms with Gasteiger partial charge >= 0.3 is 0 Å². The maximum atomic E-state index is 13.2. The molecule has 2 aromatic carbocycles. The Bertz CT molecular complexity index is 829. The first kappa shape index (κ1) is 22.9. The first-order chi connectivity index (χ1) is 15.1. The number of benzene rings is 2. The molecular formula is C26H34N2O3. The van der Waals surface area contributed by atoms with E-state index < -0.39 is 6.04 Å². The summed E-state index contributed by atoms with van der Waals surface area (Å²) in [6.45, 7) is 4.34. The summed E-state index contributed by atoms with van der Waals surface area (Å²) >= 11 is 0. The van der Waals surface area contributed by atoms with Crippen molar-refractivity contribution in [1.82, 2.24) is 10.2 Å². The van der Waals surface area contributed by atoms with Gasteiger partial charge in [0.1, 0.15) is 11.8 Å². The molecule has 1 saturated carbocycles. The number of aryl methyl sites for hydroxylation is 1. The highest BCUT2D eigenvalue weighted by Gasteiger charge is 2.30. The standard InChI is InChI=1S/C26H34N2O3/c1-3-20-14-16-23(17-15-20)31-19-25(29)28(18-21-10-6-5-7-11-21)24(4-2)26(30)27-22-12-8-9-13-22/h5-7,10-11,14-17,22,24H,3-4,8-9,12-13,18-19H2,1-2H3,(H,27,30). The van der Waals surface area contributed by atoms with Crippen LogP contribution in [0, 0.1) is 0 Å². The van der Waals surface area contributed by atoms with Gasteiger partial charge in [-0.25, -0.2) is 0 Å². The Balaban J connectivity index is 1.71. The number of rotatable bonds is 10.